The molecule has 0 aliphatic rings. The van der Waals surface area contributed by atoms with E-state index in [-0.39, 0.29) is 11.7 Å². The topological polar surface area (TPSA) is 75.3 Å². The minimum absolute atomic E-state index is 0.207. The van der Waals surface area contributed by atoms with Crippen molar-refractivity contribution in [2.75, 3.05) is 23.7 Å². The number of aromatic hydroxyl groups is 1. The van der Waals surface area contributed by atoms with Gasteiger partial charge in [0, 0.05) is 24.7 Å². The maximum absolute atomic E-state index is 9.53. The number of hydrogen-bond acceptors (Lipinski definition) is 5. The van der Waals surface area contributed by atoms with Gasteiger partial charge in [-0.3, -0.25) is 0 Å². The normalized spacial score (nSPS) is 10.4. The van der Waals surface area contributed by atoms with Crippen LogP contribution in [0.1, 0.15) is 13.8 Å². The molecule has 2 rings (SSSR count). The van der Waals surface area contributed by atoms with Crippen molar-refractivity contribution in [3.63, 3.8) is 0 Å². The van der Waals surface area contributed by atoms with Crippen molar-refractivity contribution in [2.45, 2.75) is 13.8 Å². The first-order valence-electron chi connectivity index (χ1n) is 6.33. The largest absolute Gasteiger partial charge is 0.508 e. The molecular formula is C14H18N4O. The van der Waals surface area contributed by atoms with Gasteiger partial charge in [-0.2, -0.15) is 4.98 Å². The summed E-state index contributed by atoms with van der Waals surface area (Å²) in [6.45, 7) is 5.84. The molecule has 3 N–H and O–H groups in total. The summed E-state index contributed by atoms with van der Waals surface area (Å²) < 4.78 is 0. The van der Waals surface area contributed by atoms with Crippen LogP contribution in [-0.2, 0) is 0 Å². The van der Waals surface area contributed by atoms with Crippen molar-refractivity contribution in [3.05, 3.63) is 30.3 Å². The number of hydrogen-bond donors (Lipinski definition) is 2. The summed E-state index contributed by atoms with van der Waals surface area (Å²) in [6.07, 6.45) is 0. The average molecular weight is 258 g/mol. The second-order valence-corrected chi connectivity index (χ2v) is 4.19. The Hall–Kier alpha value is -2.30. The summed E-state index contributed by atoms with van der Waals surface area (Å²) in [5.74, 6) is 1.25. The molecule has 5 nitrogen and oxygen atoms in total. The first-order valence-corrected chi connectivity index (χ1v) is 6.33. The molecule has 0 saturated carbocycles. The van der Waals surface area contributed by atoms with Gasteiger partial charge < -0.3 is 15.7 Å². The van der Waals surface area contributed by atoms with Crippen LogP contribution >= 0.6 is 0 Å². The number of anilines is 2. The van der Waals surface area contributed by atoms with E-state index in [0.717, 1.165) is 24.5 Å². The minimum atomic E-state index is 0.207. The molecule has 0 fully saturated rings. The third-order valence-electron chi connectivity index (χ3n) is 2.96. The highest BCUT2D eigenvalue weighted by atomic mass is 16.3. The Labute approximate surface area is 112 Å². The average Bonchev–Trinajstić information content (AvgIpc) is 2.39. The molecule has 0 bridgehead atoms. The second-order valence-electron chi connectivity index (χ2n) is 4.19. The number of benzene rings is 1. The fourth-order valence-corrected chi connectivity index (χ4v) is 1.98. The zero-order valence-electron chi connectivity index (χ0n) is 11.2. The van der Waals surface area contributed by atoms with E-state index in [4.69, 9.17) is 5.73 Å². The van der Waals surface area contributed by atoms with Gasteiger partial charge in [-0.15, -0.1) is 0 Å². The lowest BCUT2D eigenvalue weighted by atomic mass is 10.1. The molecule has 0 atom stereocenters. The van der Waals surface area contributed by atoms with E-state index in [9.17, 15) is 5.11 Å². The van der Waals surface area contributed by atoms with Crippen LogP contribution in [0.15, 0.2) is 30.3 Å². The van der Waals surface area contributed by atoms with E-state index in [0.29, 0.717) is 5.69 Å². The van der Waals surface area contributed by atoms with Gasteiger partial charge in [0.2, 0.25) is 5.95 Å². The SMILES string of the molecule is CCN(CC)c1cc(-c2cccc(O)c2)nc(N)n1. The Balaban J connectivity index is 2.47. The molecule has 0 aliphatic heterocycles. The van der Waals surface area contributed by atoms with Gasteiger partial charge in [-0.05, 0) is 26.0 Å². The van der Waals surface area contributed by atoms with Crippen molar-refractivity contribution in [3.8, 4) is 17.0 Å². The molecule has 1 aromatic carbocycles. The zero-order chi connectivity index (χ0) is 13.8. The summed E-state index contributed by atoms with van der Waals surface area (Å²) >= 11 is 0. The van der Waals surface area contributed by atoms with Gasteiger partial charge in [-0.25, -0.2) is 4.98 Å². The van der Waals surface area contributed by atoms with E-state index in [1.54, 1.807) is 18.2 Å². The third-order valence-corrected chi connectivity index (χ3v) is 2.96. The highest BCUT2D eigenvalue weighted by Crippen LogP contribution is 2.25. The molecule has 1 aromatic heterocycles. The number of nitrogens with two attached hydrogens (primary N) is 1. The Morgan fingerprint density at radius 3 is 2.53 bits per heavy atom. The minimum Gasteiger partial charge on any atom is -0.508 e. The standard InChI is InChI=1S/C14H18N4O/c1-3-18(4-2)13-9-12(16-14(15)17-13)10-6-5-7-11(19)8-10/h5-9,19H,3-4H2,1-2H3,(H2,15,16,17). The molecule has 1 heterocycles. The Kier molecular flexibility index (Phi) is 3.85. The van der Waals surface area contributed by atoms with Crippen LogP contribution in [-0.4, -0.2) is 28.2 Å². The predicted molar refractivity (Wildman–Crippen MR) is 77.1 cm³/mol. The van der Waals surface area contributed by atoms with Gasteiger partial charge >= 0.3 is 0 Å². The highest BCUT2D eigenvalue weighted by Gasteiger charge is 2.09. The summed E-state index contributed by atoms with van der Waals surface area (Å²) in [4.78, 5) is 10.6. The van der Waals surface area contributed by atoms with Crippen LogP contribution in [0.3, 0.4) is 0 Å². The zero-order valence-corrected chi connectivity index (χ0v) is 11.2. The summed E-state index contributed by atoms with van der Waals surface area (Å²) in [6, 6.07) is 8.83. The molecule has 0 spiro atoms. The molecule has 2 aromatic rings. The van der Waals surface area contributed by atoms with Gasteiger partial charge in [0.25, 0.3) is 0 Å². The maximum Gasteiger partial charge on any atom is 0.222 e. The molecular weight excluding hydrogens is 240 g/mol. The van der Waals surface area contributed by atoms with Crippen molar-refractivity contribution in [2.24, 2.45) is 0 Å². The maximum atomic E-state index is 9.53. The van der Waals surface area contributed by atoms with Gasteiger partial charge in [-0.1, -0.05) is 12.1 Å². The Morgan fingerprint density at radius 1 is 1.16 bits per heavy atom. The van der Waals surface area contributed by atoms with E-state index < -0.39 is 0 Å². The van der Waals surface area contributed by atoms with E-state index in [1.165, 1.54) is 0 Å². The summed E-state index contributed by atoms with van der Waals surface area (Å²) in [5, 5.41) is 9.53. The number of aromatic nitrogens is 2. The quantitative estimate of drug-likeness (QED) is 0.880. The first-order chi connectivity index (χ1) is 9.13. The molecule has 19 heavy (non-hydrogen) atoms. The van der Waals surface area contributed by atoms with Gasteiger partial charge in [0.1, 0.15) is 11.6 Å². The van der Waals surface area contributed by atoms with Crippen LogP contribution in [0.4, 0.5) is 11.8 Å². The van der Waals surface area contributed by atoms with Crippen LogP contribution in [0.25, 0.3) is 11.3 Å². The smallest absolute Gasteiger partial charge is 0.222 e. The summed E-state index contributed by atoms with van der Waals surface area (Å²) in [5.41, 5.74) is 7.31. The van der Waals surface area contributed by atoms with Gasteiger partial charge in [0.15, 0.2) is 0 Å². The fourth-order valence-electron chi connectivity index (χ4n) is 1.98. The van der Waals surface area contributed by atoms with Crippen molar-refractivity contribution in [1.29, 1.82) is 0 Å². The number of phenolic OH excluding ortho intramolecular Hbond substituents is 1. The van der Waals surface area contributed by atoms with Crippen LogP contribution in [0.5, 0.6) is 5.75 Å². The van der Waals surface area contributed by atoms with Crippen molar-refractivity contribution >= 4 is 11.8 Å². The number of nitrogens with zero attached hydrogens (tertiary/aromatic N) is 3. The lowest BCUT2D eigenvalue weighted by molar-refractivity contribution is 0.475. The van der Waals surface area contributed by atoms with E-state index in [2.05, 4.69) is 28.7 Å². The number of nitrogen functional groups attached to an aromatic ring is 1. The molecule has 5 heteroatoms. The van der Waals surface area contributed by atoms with Gasteiger partial charge in [0.05, 0.1) is 5.69 Å². The van der Waals surface area contributed by atoms with Crippen molar-refractivity contribution in [1.82, 2.24) is 9.97 Å². The molecule has 0 saturated heterocycles. The Bertz CT molecular complexity index is 567. The second kappa shape index (κ2) is 5.56. The number of rotatable bonds is 4. The monoisotopic (exact) mass is 258 g/mol. The lowest BCUT2D eigenvalue weighted by Crippen LogP contribution is -2.23. The molecule has 100 valence electrons. The van der Waals surface area contributed by atoms with Crippen LogP contribution < -0.4 is 10.6 Å². The Morgan fingerprint density at radius 2 is 1.89 bits per heavy atom. The summed E-state index contributed by atoms with van der Waals surface area (Å²) in [7, 11) is 0. The third kappa shape index (κ3) is 2.93. The van der Waals surface area contributed by atoms with Crippen molar-refractivity contribution < 1.29 is 5.11 Å². The van der Waals surface area contributed by atoms with E-state index in [1.807, 2.05) is 12.1 Å². The number of phenols is 1. The fraction of sp³-hybridized carbons (Fsp3) is 0.286. The van der Waals surface area contributed by atoms with Crippen LogP contribution in [0, 0.1) is 0 Å². The molecule has 0 unspecified atom stereocenters. The molecule has 0 aliphatic carbocycles. The lowest BCUT2D eigenvalue weighted by Gasteiger charge is -2.20. The first kappa shape index (κ1) is 13.1. The molecule has 0 amide bonds. The van der Waals surface area contributed by atoms with Crippen LogP contribution in [0.2, 0.25) is 0 Å². The molecule has 0 radical (unpaired) electrons. The predicted octanol–water partition coefficient (Wildman–Crippen LogP) is 2.28. The highest BCUT2D eigenvalue weighted by molar-refractivity contribution is 5.65. The van der Waals surface area contributed by atoms with E-state index >= 15 is 0 Å².